The minimum absolute atomic E-state index is 0.00785. The monoisotopic (exact) mass is 242 g/mol. The zero-order chi connectivity index (χ0) is 12.3. The molecular weight excluding hydrogens is 228 g/mol. The lowest BCUT2D eigenvalue weighted by Gasteiger charge is -2.22. The number of alkyl halides is 1. The molecule has 1 rings (SSSR count). The average molecular weight is 243 g/mol. The normalized spacial score (nSPS) is 14.8. The van der Waals surface area contributed by atoms with E-state index < -0.39 is 4.92 Å². The third kappa shape index (κ3) is 2.92. The van der Waals surface area contributed by atoms with Gasteiger partial charge in [-0.2, -0.15) is 0 Å². The van der Waals surface area contributed by atoms with Gasteiger partial charge >= 0.3 is 0 Å². The highest BCUT2D eigenvalue weighted by atomic mass is 35.5. The van der Waals surface area contributed by atoms with Gasteiger partial charge in [0.1, 0.15) is 6.20 Å². The molecule has 1 heterocycles. The SMILES string of the molecule is CC(C)C(c1ccc([N+](=O)[O-])cn1)C(C)Cl. The van der Waals surface area contributed by atoms with E-state index in [1.165, 1.54) is 12.3 Å². The van der Waals surface area contributed by atoms with Crippen molar-refractivity contribution in [3.05, 3.63) is 34.1 Å². The van der Waals surface area contributed by atoms with Crippen molar-refractivity contribution in [2.45, 2.75) is 32.1 Å². The molecule has 1 aromatic rings. The maximum absolute atomic E-state index is 10.5. The highest BCUT2D eigenvalue weighted by molar-refractivity contribution is 6.20. The molecule has 0 spiro atoms. The third-order valence-corrected chi connectivity index (χ3v) is 2.81. The molecule has 5 heteroatoms. The van der Waals surface area contributed by atoms with Crippen LogP contribution < -0.4 is 0 Å². The lowest BCUT2D eigenvalue weighted by Crippen LogP contribution is -2.17. The lowest BCUT2D eigenvalue weighted by molar-refractivity contribution is -0.385. The molecule has 0 radical (unpaired) electrons. The van der Waals surface area contributed by atoms with Crippen LogP contribution in [0.2, 0.25) is 0 Å². The fourth-order valence-electron chi connectivity index (χ4n) is 1.81. The molecular formula is C11H15ClN2O2. The van der Waals surface area contributed by atoms with E-state index in [1.54, 1.807) is 6.07 Å². The van der Waals surface area contributed by atoms with Crippen LogP contribution >= 0.6 is 11.6 Å². The Morgan fingerprint density at radius 1 is 1.38 bits per heavy atom. The van der Waals surface area contributed by atoms with Gasteiger partial charge in [0.2, 0.25) is 0 Å². The summed E-state index contributed by atoms with van der Waals surface area (Å²) in [6, 6.07) is 3.15. The Kier molecular flexibility index (Phi) is 4.24. The van der Waals surface area contributed by atoms with Gasteiger partial charge < -0.3 is 0 Å². The quantitative estimate of drug-likeness (QED) is 0.462. The third-order valence-electron chi connectivity index (χ3n) is 2.54. The molecule has 0 aliphatic rings. The Bertz CT molecular complexity index is 355. The largest absolute Gasteiger partial charge is 0.287 e. The molecule has 0 amide bonds. The van der Waals surface area contributed by atoms with E-state index in [0.717, 1.165) is 5.69 Å². The maximum atomic E-state index is 10.5. The maximum Gasteiger partial charge on any atom is 0.287 e. The standard InChI is InChI=1S/C11H15ClN2O2/c1-7(2)11(8(3)12)10-5-4-9(6-13-10)14(15)16/h4-8,11H,1-3H3. The van der Waals surface area contributed by atoms with Crippen molar-refractivity contribution in [1.29, 1.82) is 0 Å². The van der Waals surface area contributed by atoms with Crippen LogP contribution in [0.5, 0.6) is 0 Å². The van der Waals surface area contributed by atoms with Crippen molar-refractivity contribution >= 4 is 17.3 Å². The van der Waals surface area contributed by atoms with Crippen LogP contribution in [0.25, 0.3) is 0 Å². The summed E-state index contributed by atoms with van der Waals surface area (Å²) >= 11 is 6.10. The molecule has 0 fully saturated rings. The predicted molar refractivity (Wildman–Crippen MR) is 63.8 cm³/mol. The molecule has 0 aliphatic heterocycles. The van der Waals surface area contributed by atoms with Crippen molar-refractivity contribution in [2.24, 2.45) is 5.92 Å². The van der Waals surface area contributed by atoms with Gasteiger partial charge in [-0.3, -0.25) is 15.1 Å². The Morgan fingerprint density at radius 3 is 2.31 bits per heavy atom. The molecule has 4 nitrogen and oxygen atoms in total. The fourth-order valence-corrected chi connectivity index (χ4v) is 2.23. The smallest absolute Gasteiger partial charge is 0.258 e. The van der Waals surface area contributed by atoms with E-state index >= 15 is 0 Å². The molecule has 0 N–H and O–H groups in total. The number of aromatic nitrogens is 1. The van der Waals surface area contributed by atoms with Gasteiger partial charge in [0.25, 0.3) is 5.69 Å². The molecule has 2 unspecified atom stereocenters. The number of halogens is 1. The van der Waals surface area contributed by atoms with Gasteiger partial charge in [-0.1, -0.05) is 13.8 Å². The Balaban J connectivity index is 2.99. The number of nitrogens with zero attached hydrogens (tertiary/aromatic N) is 2. The first-order chi connectivity index (χ1) is 7.43. The summed E-state index contributed by atoms with van der Waals surface area (Å²) in [4.78, 5) is 14.2. The second-order valence-electron chi connectivity index (χ2n) is 4.15. The number of rotatable bonds is 4. The minimum Gasteiger partial charge on any atom is -0.258 e. The summed E-state index contributed by atoms with van der Waals surface area (Å²) in [6.07, 6.45) is 1.28. The predicted octanol–water partition coefficient (Wildman–Crippen LogP) is 3.36. The van der Waals surface area contributed by atoms with Crippen LogP contribution in [0.4, 0.5) is 5.69 Å². The highest BCUT2D eigenvalue weighted by Crippen LogP contribution is 2.30. The number of hydrogen-bond donors (Lipinski definition) is 0. The summed E-state index contributed by atoms with van der Waals surface area (Å²) in [7, 11) is 0. The van der Waals surface area contributed by atoms with E-state index in [1.807, 2.05) is 6.92 Å². The van der Waals surface area contributed by atoms with Crippen LogP contribution in [0.1, 0.15) is 32.4 Å². The van der Waals surface area contributed by atoms with E-state index in [2.05, 4.69) is 18.8 Å². The molecule has 2 atom stereocenters. The summed E-state index contributed by atoms with van der Waals surface area (Å²) in [5.41, 5.74) is 0.816. The molecule has 16 heavy (non-hydrogen) atoms. The number of nitro groups is 1. The second-order valence-corrected chi connectivity index (χ2v) is 4.83. The molecule has 1 aromatic heterocycles. The average Bonchev–Trinajstić information content (AvgIpc) is 2.17. The van der Waals surface area contributed by atoms with Crippen molar-refractivity contribution in [3.63, 3.8) is 0 Å². The van der Waals surface area contributed by atoms with Crippen molar-refractivity contribution in [1.82, 2.24) is 4.98 Å². The van der Waals surface area contributed by atoms with Gasteiger partial charge in [0.05, 0.1) is 4.92 Å². The Labute approximate surface area is 99.8 Å². The summed E-state index contributed by atoms with van der Waals surface area (Å²) < 4.78 is 0. The van der Waals surface area contributed by atoms with Gasteiger partial charge in [-0.15, -0.1) is 11.6 Å². The molecule has 0 aliphatic carbocycles. The molecule has 0 saturated carbocycles. The van der Waals surface area contributed by atoms with Crippen molar-refractivity contribution < 1.29 is 4.92 Å². The van der Waals surface area contributed by atoms with E-state index in [4.69, 9.17) is 11.6 Å². The van der Waals surface area contributed by atoms with Gasteiger partial charge in [0.15, 0.2) is 0 Å². The highest BCUT2D eigenvalue weighted by Gasteiger charge is 2.23. The van der Waals surface area contributed by atoms with E-state index in [0.29, 0.717) is 5.92 Å². The van der Waals surface area contributed by atoms with Crippen LogP contribution in [-0.4, -0.2) is 15.3 Å². The zero-order valence-corrected chi connectivity index (χ0v) is 10.3. The van der Waals surface area contributed by atoms with Crippen molar-refractivity contribution in [3.8, 4) is 0 Å². The van der Waals surface area contributed by atoms with Crippen LogP contribution in [-0.2, 0) is 0 Å². The Hall–Kier alpha value is -1.16. The molecule has 88 valence electrons. The van der Waals surface area contributed by atoms with Crippen LogP contribution in [0.15, 0.2) is 18.3 Å². The number of hydrogen-bond acceptors (Lipinski definition) is 3. The topological polar surface area (TPSA) is 56.0 Å². The molecule has 0 aromatic carbocycles. The minimum atomic E-state index is -0.453. The van der Waals surface area contributed by atoms with Gasteiger partial charge in [-0.25, -0.2) is 0 Å². The molecule has 0 bridgehead atoms. The molecule has 0 saturated heterocycles. The van der Waals surface area contributed by atoms with Gasteiger partial charge in [-0.05, 0) is 18.9 Å². The first-order valence-electron chi connectivity index (χ1n) is 5.18. The summed E-state index contributed by atoms with van der Waals surface area (Å²) in [5, 5.41) is 10.4. The van der Waals surface area contributed by atoms with E-state index in [-0.39, 0.29) is 17.0 Å². The fraction of sp³-hybridized carbons (Fsp3) is 0.545. The van der Waals surface area contributed by atoms with Gasteiger partial charge in [0, 0.05) is 23.1 Å². The van der Waals surface area contributed by atoms with Crippen LogP contribution in [0, 0.1) is 16.0 Å². The summed E-state index contributed by atoms with van der Waals surface area (Å²) in [5.74, 6) is 0.462. The van der Waals surface area contributed by atoms with E-state index in [9.17, 15) is 10.1 Å². The van der Waals surface area contributed by atoms with Crippen LogP contribution in [0.3, 0.4) is 0 Å². The number of pyridine rings is 1. The lowest BCUT2D eigenvalue weighted by atomic mass is 9.89. The second kappa shape index (κ2) is 5.25. The first-order valence-corrected chi connectivity index (χ1v) is 5.61. The first kappa shape index (κ1) is 12.9. The summed E-state index contributed by atoms with van der Waals surface area (Å²) in [6.45, 7) is 6.04. The Morgan fingerprint density at radius 2 is 2.00 bits per heavy atom. The van der Waals surface area contributed by atoms with Crippen molar-refractivity contribution in [2.75, 3.05) is 0 Å². The zero-order valence-electron chi connectivity index (χ0n) is 9.55.